The fourth-order valence-electron chi connectivity index (χ4n) is 2.70. The minimum Gasteiger partial charge on any atom is -0.870 e. The molecule has 0 aliphatic carbocycles. The Morgan fingerprint density at radius 2 is 1.59 bits per heavy atom. The van der Waals surface area contributed by atoms with Crippen LogP contribution < -0.4 is 61.2 Å². The number of benzene rings is 2. The molecule has 0 spiro atoms. The van der Waals surface area contributed by atoms with Crippen LogP contribution in [-0.4, -0.2) is 13.0 Å². The van der Waals surface area contributed by atoms with Gasteiger partial charge < -0.3 is 9.84 Å². The molecular formula is C20H25KO5S. The van der Waals surface area contributed by atoms with Crippen LogP contribution in [0.15, 0.2) is 47.4 Å². The van der Waals surface area contributed by atoms with E-state index in [1.165, 1.54) is 62.4 Å². The summed E-state index contributed by atoms with van der Waals surface area (Å²) in [6.07, 6.45) is 8.15. The Bertz CT molecular complexity index is 804. The fraction of sp³-hybridized carbons (Fsp3) is 0.400. The number of aryl methyl sites for hydroxylation is 1. The van der Waals surface area contributed by atoms with Crippen LogP contribution in [0.3, 0.4) is 0 Å². The molecule has 2 aromatic rings. The minimum absolute atomic E-state index is 0. The van der Waals surface area contributed by atoms with Crippen molar-refractivity contribution in [1.29, 1.82) is 0 Å². The van der Waals surface area contributed by atoms with Crippen LogP contribution >= 0.6 is 0 Å². The van der Waals surface area contributed by atoms with E-state index in [9.17, 15) is 13.5 Å². The van der Waals surface area contributed by atoms with E-state index in [1.54, 1.807) is 6.07 Å². The Hall–Kier alpha value is -0.414. The van der Waals surface area contributed by atoms with Crippen LogP contribution in [-0.2, 0) is 16.5 Å². The maximum absolute atomic E-state index is 12.0. The Labute approximate surface area is 204 Å². The normalized spacial score (nSPS) is 11.0. The van der Waals surface area contributed by atoms with Gasteiger partial charge >= 0.3 is 51.4 Å². The van der Waals surface area contributed by atoms with Crippen molar-refractivity contribution in [2.24, 2.45) is 0 Å². The zero-order valence-electron chi connectivity index (χ0n) is 16.0. The number of hydrogen-bond acceptors (Lipinski definition) is 4. The van der Waals surface area contributed by atoms with E-state index in [1.807, 2.05) is 6.07 Å². The summed E-state index contributed by atoms with van der Waals surface area (Å²) in [5.41, 5.74) is 1.05. The zero-order valence-corrected chi connectivity index (χ0v) is 19.9. The molecule has 0 unspecified atom stereocenters. The van der Waals surface area contributed by atoms with Crippen LogP contribution in [0.1, 0.15) is 51.0 Å². The molecule has 0 atom stereocenters. The van der Waals surface area contributed by atoms with Crippen molar-refractivity contribution < 1.29 is 74.2 Å². The minimum atomic E-state index is -4.24. The van der Waals surface area contributed by atoms with Crippen molar-refractivity contribution in [2.75, 3.05) is 0 Å². The summed E-state index contributed by atoms with van der Waals surface area (Å²) in [5, 5.41) is 12.0. The van der Waals surface area contributed by atoms with E-state index in [-0.39, 0.29) is 67.8 Å². The predicted octanol–water partition coefficient (Wildman–Crippen LogP) is 1.71. The SMILES string of the molecule is CCCCCCCCc1ccc([O-])c(Oc2ccc(S(=O)(=O)O)cc2)c1.[K+]. The summed E-state index contributed by atoms with van der Waals surface area (Å²) in [6, 6.07) is 10.3. The second-order valence-electron chi connectivity index (χ2n) is 6.35. The third kappa shape index (κ3) is 8.64. The molecule has 2 aromatic carbocycles. The van der Waals surface area contributed by atoms with Gasteiger partial charge in [-0.15, -0.1) is 0 Å². The Balaban J connectivity index is 0.00000364. The van der Waals surface area contributed by atoms with Gasteiger partial charge in [0.1, 0.15) is 11.5 Å². The van der Waals surface area contributed by atoms with Crippen molar-refractivity contribution in [3.05, 3.63) is 48.0 Å². The number of rotatable bonds is 10. The molecule has 0 aliphatic heterocycles. The van der Waals surface area contributed by atoms with Crippen LogP contribution in [0.25, 0.3) is 0 Å². The van der Waals surface area contributed by atoms with Gasteiger partial charge in [-0.25, -0.2) is 0 Å². The van der Waals surface area contributed by atoms with Crippen molar-refractivity contribution >= 4 is 10.1 Å². The molecule has 0 radical (unpaired) electrons. The first-order valence-corrected chi connectivity index (χ1v) is 10.4. The molecule has 2 rings (SSSR count). The van der Waals surface area contributed by atoms with Gasteiger partial charge in [0.2, 0.25) is 0 Å². The Morgan fingerprint density at radius 3 is 2.22 bits per heavy atom. The molecule has 0 aliphatic rings. The first kappa shape index (κ1) is 24.6. The average molecular weight is 417 g/mol. The van der Waals surface area contributed by atoms with E-state index < -0.39 is 10.1 Å². The van der Waals surface area contributed by atoms with Crippen LogP contribution in [0.5, 0.6) is 17.2 Å². The molecule has 0 aromatic heterocycles. The van der Waals surface area contributed by atoms with Gasteiger partial charge in [0.15, 0.2) is 0 Å². The largest absolute Gasteiger partial charge is 1.00 e. The van der Waals surface area contributed by atoms with Gasteiger partial charge in [-0.1, -0.05) is 56.9 Å². The van der Waals surface area contributed by atoms with Gasteiger partial charge in [0.05, 0.1) is 4.90 Å². The topological polar surface area (TPSA) is 86.7 Å². The van der Waals surface area contributed by atoms with Crippen LogP contribution in [0.2, 0.25) is 0 Å². The van der Waals surface area contributed by atoms with E-state index in [0.29, 0.717) is 5.75 Å². The van der Waals surface area contributed by atoms with Crippen molar-refractivity contribution in [1.82, 2.24) is 0 Å². The second kappa shape index (κ2) is 12.2. The molecule has 0 saturated carbocycles. The maximum atomic E-state index is 12.0. The van der Waals surface area contributed by atoms with Crippen molar-refractivity contribution in [3.8, 4) is 17.2 Å². The monoisotopic (exact) mass is 416 g/mol. The van der Waals surface area contributed by atoms with E-state index in [0.717, 1.165) is 18.4 Å². The van der Waals surface area contributed by atoms with Crippen molar-refractivity contribution in [3.63, 3.8) is 0 Å². The van der Waals surface area contributed by atoms with Crippen LogP contribution in [0, 0.1) is 0 Å². The first-order valence-electron chi connectivity index (χ1n) is 8.95. The molecule has 0 bridgehead atoms. The summed E-state index contributed by atoms with van der Waals surface area (Å²) in [4.78, 5) is -0.218. The molecule has 0 saturated heterocycles. The average Bonchev–Trinajstić information content (AvgIpc) is 2.60. The third-order valence-electron chi connectivity index (χ3n) is 4.18. The fourth-order valence-corrected chi connectivity index (χ4v) is 3.18. The molecular weight excluding hydrogens is 391 g/mol. The number of hydrogen-bond donors (Lipinski definition) is 1. The summed E-state index contributed by atoms with van der Waals surface area (Å²) >= 11 is 0. The molecule has 7 heteroatoms. The summed E-state index contributed by atoms with van der Waals surface area (Å²) in [5.74, 6) is 0.329. The molecule has 0 heterocycles. The second-order valence-corrected chi connectivity index (χ2v) is 7.77. The summed E-state index contributed by atoms with van der Waals surface area (Å²) in [6.45, 7) is 2.20. The molecule has 27 heavy (non-hydrogen) atoms. The van der Waals surface area contributed by atoms with Gasteiger partial charge in [0.25, 0.3) is 10.1 Å². The van der Waals surface area contributed by atoms with E-state index >= 15 is 0 Å². The van der Waals surface area contributed by atoms with Gasteiger partial charge in [-0.2, -0.15) is 8.42 Å². The molecule has 0 amide bonds. The number of unbranched alkanes of at least 4 members (excludes halogenated alkanes) is 5. The quantitative estimate of drug-likeness (QED) is 0.362. The molecule has 1 N–H and O–H groups in total. The smallest absolute Gasteiger partial charge is 0.870 e. The molecule has 142 valence electrons. The first-order chi connectivity index (χ1) is 12.4. The summed E-state index contributed by atoms with van der Waals surface area (Å²) in [7, 11) is -4.24. The van der Waals surface area contributed by atoms with E-state index in [4.69, 9.17) is 9.29 Å². The Kier molecular flexibility index (Phi) is 11.1. The third-order valence-corrected chi connectivity index (χ3v) is 5.04. The van der Waals surface area contributed by atoms with Crippen molar-refractivity contribution in [2.45, 2.75) is 56.8 Å². The van der Waals surface area contributed by atoms with Gasteiger partial charge in [0, 0.05) is 0 Å². The van der Waals surface area contributed by atoms with Gasteiger partial charge in [-0.05, 0) is 48.7 Å². The number of ether oxygens (including phenoxy) is 1. The molecule has 0 fully saturated rings. The Morgan fingerprint density at radius 1 is 0.963 bits per heavy atom. The van der Waals surface area contributed by atoms with Gasteiger partial charge in [-0.3, -0.25) is 4.55 Å². The predicted molar refractivity (Wildman–Crippen MR) is 99.3 cm³/mol. The standard InChI is InChI=1S/C20H26O5S.K/c1-2-3-4-5-6-7-8-16-9-14-19(21)20(15-16)25-17-10-12-18(13-11-17)26(22,23)24;/h9-15,21H,2-8H2,1H3,(H,22,23,24);/q;+1/p-1. The molecule has 5 nitrogen and oxygen atoms in total. The van der Waals surface area contributed by atoms with Crippen LogP contribution in [0.4, 0.5) is 0 Å². The summed E-state index contributed by atoms with van der Waals surface area (Å²) < 4.78 is 36.7. The van der Waals surface area contributed by atoms with E-state index in [2.05, 4.69) is 6.92 Å². The maximum Gasteiger partial charge on any atom is 1.00 e. The zero-order chi connectivity index (χ0) is 19.0.